The molecule has 0 aromatic heterocycles. The summed E-state index contributed by atoms with van der Waals surface area (Å²) in [5.41, 5.74) is 1.55. The highest BCUT2D eigenvalue weighted by Crippen LogP contribution is 2.28. The molecule has 0 saturated heterocycles. The molecule has 0 heterocycles. The molecule has 0 amide bonds. The standard InChI is InChI=1S/C18H23N3O5S/c1-4-20(2)13-15-7-5-6-14(10-15)12-19-27(24,25)18-11-16(21(22)23)8-9-17(18)26-3/h5-11,19H,4,12-13H2,1-3H3. The zero-order chi connectivity index (χ0) is 20.0. The van der Waals surface area contributed by atoms with Crippen molar-refractivity contribution in [2.75, 3.05) is 20.7 Å². The summed E-state index contributed by atoms with van der Waals surface area (Å²) >= 11 is 0. The topological polar surface area (TPSA) is 102 Å². The van der Waals surface area contributed by atoms with Crippen LogP contribution in [-0.4, -0.2) is 38.9 Å². The van der Waals surface area contributed by atoms with E-state index in [2.05, 4.69) is 16.5 Å². The molecule has 0 spiro atoms. The molecule has 2 rings (SSSR count). The molecule has 146 valence electrons. The normalized spacial score (nSPS) is 11.6. The highest BCUT2D eigenvalue weighted by atomic mass is 32.2. The predicted octanol–water partition coefficient (Wildman–Crippen LogP) is 2.53. The Hall–Kier alpha value is -2.49. The average Bonchev–Trinajstić information content (AvgIpc) is 2.66. The number of benzene rings is 2. The molecule has 8 nitrogen and oxygen atoms in total. The van der Waals surface area contributed by atoms with Crippen LogP contribution in [0.5, 0.6) is 5.75 Å². The summed E-state index contributed by atoms with van der Waals surface area (Å²) in [5.74, 6) is 0.0476. The summed E-state index contributed by atoms with van der Waals surface area (Å²) in [5, 5.41) is 11.0. The van der Waals surface area contributed by atoms with Crippen molar-refractivity contribution in [3.05, 3.63) is 63.7 Å². The summed E-state index contributed by atoms with van der Waals surface area (Å²) in [7, 11) is -0.670. The van der Waals surface area contributed by atoms with Gasteiger partial charge in [-0.2, -0.15) is 0 Å². The van der Waals surface area contributed by atoms with Gasteiger partial charge in [0.2, 0.25) is 10.0 Å². The third-order valence-corrected chi connectivity index (χ3v) is 5.52. The molecule has 0 aliphatic rings. The van der Waals surface area contributed by atoms with Crippen LogP contribution in [0.3, 0.4) is 0 Å². The molecule has 9 heteroatoms. The maximum absolute atomic E-state index is 12.6. The fraction of sp³-hybridized carbons (Fsp3) is 0.333. The maximum Gasteiger partial charge on any atom is 0.271 e. The molecule has 0 bridgehead atoms. The van der Waals surface area contributed by atoms with Crippen molar-refractivity contribution < 1.29 is 18.1 Å². The molecule has 2 aromatic rings. The van der Waals surface area contributed by atoms with Gasteiger partial charge in [0.15, 0.2) is 0 Å². The van der Waals surface area contributed by atoms with E-state index in [1.807, 2.05) is 31.3 Å². The minimum absolute atomic E-state index is 0.0476. The number of rotatable bonds is 9. The van der Waals surface area contributed by atoms with Crippen molar-refractivity contribution in [3.8, 4) is 5.75 Å². The number of hydrogen-bond acceptors (Lipinski definition) is 6. The zero-order valence-electron chi connectivity index (χ0n) is 15.5. The van der Waals surface area contributed by atoms with Gasteiger partial charge in [0, 0.05) is 25.2 Å². The lowest BCUT2D eigenvalue weighted by atomic mass is 10.1. The molecule has 1 N–H and O–H groups in total. The van der Waals surface area contributed by atoms with Crippen molar-refractivity contribution in [2.24, 2.45) is 0 Å². The van der Waals surface area contributed by atoms with Crippen molar-refractivity contribution in [1.29, 1.82) is 0 Å². The van der Waals surface area contributed by atoms with Gasteiger partial charge >= 0.3 is 0 Å². The summed E-state index contributed by atoms with van der Waals surface area (Å²) < 4.78 is 32.8. The Morgan fingerprint density at radius 2 is 1.89 bits per heavy atom. The fourth-order valence-corrected chi connectivity index (χ4v) is 3.71. The van der Waals surface area contributed by atoms with Crippen LogP contribution in [0.1, 0.15) is 18.1 Å². The van der Waals surface area contributed by atoms with Crippen LogP contribution in [-0.2, 0) is 23.1 Å². The zero-order valence-corrected chi connectivity index (χ0v) is 16.3. The summed E-state index contributed by atoms with van der Waals surface area (Å²) in [4.78, 5) is 12.2. The molecule has 0 fully saturated rings. The van der Waals surface area contributed by atoms with Crippen molar-refractivity contribution in [1.82, 2.24) is 9.62 Å². The minimum atomic E-state index is -3.99. The molecular formula is C18H23N3O5S. The van der Waals surface area contributed by atoms with Crippen LogP contribution in [0.4, 0.5) is 5.69 Å². The van der Waals surface area contributed by atoms with Crippen LogP contribution < -0.4 is 9.46 Å². The van der Waals surface area contributed by atoms with Gasteiger partial charge in [-0.3, -0.25) is 10.1 Å². The number of hydrogen-bond donors (Lipinski definition) is 1. The van der Waals surface area contributed by atoms with E-state index in [9.17, 15) is 18.5 Å². The number of nitro groups is 1. The van der Waals surface area contributed by atoms with Gasteiger partial charge in [-0.15, -0.1) is 0 Å². The van der Waals surface area contributed by atoms with Crippen LogP contribution in [0.15, 0.2) is 47.4 Å². The number of ether oxygens (including phenoxy) is 1. The second kappa shape index (κ2) is 8.94. The first-order valence-corrected chi connectivity index (χ1v) is 9.83. The van der Waals surface area contributed by atoms with Gasteiger partial charge in [-0.05, 0) is 30.8 Å². The highest BCUT2D eigenvalue weighted by molar-refractivity contribution is 7.89. The van der Waals surface area contributed by atoms with Gasteiger partial charge in [0.25, 0.3) is 5.69 Å². The van der Waals surface area contributed by atoms with E-state index in [0.29, 0.717) is 0 Å². The molecule has 27 heavy (non-hydrogen) atoms. The summed E-state index contributed by atoms with van der Waals surface area (Å²) in [6, 6.07) is 11.1. The lowest BCUT2D eigenvalue weighted by Crippen LogP contribution is -2.24. The number of methoxy groups -OCH3 is 1. The predicted molar refractivity (Wildman–Crippen MR) is 102 cm³/mol. The first kappa shape index (κ1) is 20.8. The Labute approximate surface area is 159 Å². The average molecular weight is 393 g/mol. The van der Waals surface area contributed by atoms with Crippen LogP contribution >= 0.6 is 0 Å². The number of nitrogens with zero attached hydrogens (tertiary/aromatic N) is 2. The lowest BCUT2D eigenvalue weighted by Gasteiger charge is -2.15. The molecule has 2 aromatic carbocycles. The second-order valence-corrected chi connectivity index (χ2v) is 7.80. The van der Waals surface area contributed by atoms with E-state index >= 15 is 0 Å². The third kappa shape index (κ3) is 5.49. The Morgan fingerprint density at radius 1 is 1.19 bits per heavy atom. The van der Waals surface area contributed by atoms with E-state index in [0.717, 1.165) is 30.3 Å². The molecule has 0 unspecified atom stereocenters. The Bertz CT molecular complexity index is 915. The SMILES string of the molecule is CCN(C)Cc1cccc(CNS(=O)(=O)c2cc([N+](=O)[O-])ccc2OC)c1. The molecule has 0 radical (unpaired) electrons. The monoisotopic (exact) mass is 393 g/mol. The minimum Gasteiger partial charge on any atom is -0.495 e. The third-order valence-electron chi connectivity index (χ3n) is 4.10. The van der Waals surface area contributed by atoms with E-state index in [1.54, 1.807) is 0 Å². The largest absolute Gasteiger partial charge is 0.495 e. The van der Waals surface area contributed by atoms with E-state index in [1.165, 1.54) is 19.2 Å². The number of nitrogens with one attached hydrogen (secondary N) is 1. The highest BCUT2D eigenvalue weighted by Gasteiger charge is 2.23. The lowest BCUT2D eigenvalue weighted by molar-refractivity contribution is -0.385. The van der Waals surface area contributed by atoms with E-state index in [4.69, 9.17) is 4.74 Å². The summed E-state index contributed by atoms with van der Waals surface area (Å²) in [6.07, 6.45) is 0. The first-order chi connectivity index (χ1) is 12.8. The quantitative estimate of drug-likeness (QED) is 0.519. The Kier molecular flexibility index (Phi) is 6.89. The van der Waals surface area contributed by atoms with Gasteiger partial charge in [0.1, 0.15) is 10.6 Å². The molecule has 0 saturated carbocycles. The van der Waals surface area contributed by atoms with E-state index < -0.39 is 14.9 Å². The number of nitro benzene ring substituents is 1. The van der Waals surface area contributed by atoms with Gasteiger partial charge in [-0.25, -0.2) is 13.1 Å². The number of sulfonamides is 1. The number of non-ortho nitro benzene ring substituents is 1. The smallest absolute Gasteiger partial charge is 0.271 e. The molecule has 0 aliphatic carbocycles. The van der Waals surface area contributed by atoms with Gasteiger partial charge in [0.05, 0.1) is 12.0 Å². The van der Waals surface area contributed by atoms with Crippen molar-refractivity contribution in [2.45, 2.75) is 24.9 Å². The Morgan fingerprint density at radius 3 is 2.52 bits per heavy atom. The fourth-order valence-electron chi connectivity index (χ4n) is 2.51. The second-order valence-electron chi connectivity index (χ2n) is 6.07. The van der Waals surface area contributed by atoms with Crippen LogP contribution in [0, 0.1) is 10.1 Å². The van der Waals surface area contributed by atoms with E-state index in [-0.39, 0.29) is 22.9 Å². The molecule has 0 aliphatic heterocycles. The summed E-state index contributed by atoms with van der Waals surface area (Å²) in [6.45, 7) is 3.79. The van der Waals surface area contributed by atoms with Gasteiger partial charge in [-0.1, -0.05) is 31.2 Å². The van der Waals surface area contributed by atoms with Gasteiger partial charge < -0.3 is 9.64 Å². The Balaban J connectivity index is 2.21. The molecular weight excluding hydrogens is 370 g/mol. The van der Waals surface area contributed by atoms with Crippen molar-refractivity contribution >= 4 is 15.7 Å². The van der Waals surface area contributed by atoms with Crippen LogP contribution in [0.2, 0.25) is 0 Å². The van der Waals surface area contributed by atoms with Crippen molar-refractivity contribution in [3.63, 3.8) is 0 Å². The molecule has 0 atom stereocenters. The maximum atomic E-state index is 12.6. The van der Waals surface area contributed by atoms with Crippen LogP contribution in [0.25, 0.3) is 0 Å². The first-order valence-electron chi connectivity index (χ1n) is 8.35.